The van der Waals surface area contributed by atoms with Gasteiger partial charge < -0.3 is 0 Å². The number of likely N-dealkylation sites (tertiary alicyclic amines) is 1. The highest BCUT2D eigenvalue weighted by atomic mass is 16.1. The molecule has 2 heteroatoms. The van der Waals surface area contributed by atoms with Crippen molar-refractivity contribution in [1.29, 1.82) is 0 Å². The Kier molecular flexibility index (Phi) is 2.98. The van der Waals surface area contributed by atoms with Gasteiger partial charge in [0.2, 0.25) is 0 Å². The minimum Gasteiger partial charge on any atom is -0.297 e. The molecule has 0 N–H and O–H groups in total. The average Bonchev–Trinajstić information content (AvgIpc) is 2.30. The molecule has 0 spiro atoms. The number of hydrogen-bond donors (Lipinski definition) is 0. The number of ketones is 1. The van der Waals surface area contributed by atoms with Gasteiger partial charge in [-0.15, -0.1) is 0 Å². The van der Waals surface area contributed by atoms with E-state index in [1.54, 1.807) is 0 Å². The van der Waals surface area contributed by atoms with Gasteiger partial charge in [-0.3, -0.25) is 9.69 Å². The van der Waals surface area contributed by atoms with Gasteiger partial charge in [0.05, 0.1) is 0 Å². The SMILES string of the molecule is Cc1cccc(C2(N3CCC3)CCCCC2=O)c1. The first-order chi connectivity index (χ1) is 8.73. The molecule has 0 aromatic heterocycles. The molecule has 1 heterocycles. The predicted octanol–water partition coefficient (Wildman–Crippen LogP) is 3.04. The van der Waals surface area contributed by atoms with E-state index >= 15 is 0 Å². The number of carbonyl (C=O) groups excluding carboxylic acids is 1. The zero-order chi connectivity index (χ0) is 12.6. The number of rotatable bonds is 2. The van der Waals surface area contributed by atoms with Gasteiger partial charge in [0.15, 0.2) is 5.78 Å². The fraction of sp³-hybridized carbons (Fsp3) is 0.562. The summed E-state index contributed by atoms with van der Waals surface area (Å²) in [6.07, 6.45) is 5.25. The van der Waals surface area contributed by atoms with Gasteiger partial charge in [-0.2, -0.15) is 0 Å². The maximum absolute atomic E-state index is 12.6. The van der Waals surface area contributed by atoms with E-state index in [2.05, 4.69) is 36.1 Å². The smallest absolute Gasteiger partial charge is 0.157 e. The molecule has 0 bridgehead atoms. The maximum atomic E-state index is 12.6. The third-order valence-electron chi connectivity index (χ3n) is 4.55. The normalized spacial score (nSPS) is 29.1. The number of aryl methyl sites for hydroxylation is 1. The molecule has 1 aliphatic heterocycles. The van der Waals surface area contributed by atoms with Crippen LogP contribution >= 0.6 is 0 Å². The van der Waals surface area contributed by atoms with Crippen molar-refractivity contribution in [3.63, 3.8) is 0 Å². The first kappa shape index (κ1) is 11.9. The van der Waals surface area contributed by atoms with E-state index in [0.29, 0.717) is 5.78 Å². The second-order valence-electron chi connectivity index (χ2n) is 5.70. The van der Waals surface area contributed by atoms with E-state index in [0.717, 1.165) is 32.4 Å². The van der Waals surface area contributed by atoms with Crippen molar-refractivity contribution < 1.29 is 4.79 Å². The molecule has 1 aromatic carbocycles. The van der Waals surface area contributed by atoms with E-state index in [9.17, 15) is 4.79 Å². The van der Waals surface area contributed by atoms with Crippen molar-refractivity contribution in [2.45, 2.75) is 44.6 Å². The van der Waals surface area contributed by atoms with Gasteiger partial charge >= 0.3 is 0 Å². The number of Topliss-reactive ketones (excluding diaryl/α,β-unsaturated/α-hetero) is 1. The third-order valence-corrected chi connectivity index (χ3v) is 4.55. The maximum Gasteiger partial charge on any atom is 0.157 e. The van der Waals surface area contributed by atoms with Crippen LogP contribution in [0.15, 0.2) is 24.3 Å². The van der Waals surface area contributed by atoms with Gasteiger partial charge in [0.25, 0.3) is 0 Å². The van der Waals surface area contributed by atoms with E-state index in [4.69, 9.17) is 0 Å². The second kappa shape index (κ2) is 4.51. The highest BCUT2D eigenvalue weighted by molar-refractivity contribution is 5.90. The summed E-state index contributed by atoms with van der Waals surface area (Å²) in [6, 6.07) is 8.56. The molecule has 3 rings (SSSR count). The van der Waals surface area contributed by atoms with E-state index in [-0.39, 0.29) is 5.54 Å². The van der Waals surface area contributed by atoms with Crippen molar-refractivity contribution >= 4 is 5.78 Å². The van der Waals surface area contributed by atoms with Crippen LogP contribution in [0.1, 0.15) is 43.2 Å². The van der Waals surface area contributed by atoms with Gasteiger partial charge in [0.1, 0.15) is 5.54 Å². The zero-order valence-corrected chi connectivity index (χ0v) is 11.1. The van der Waals surface area contributed by atoms with Crippen LogP contribution in [0.3, 0.4) is 0 Å². The van der Waals surface area contributed by atoms with Crippen LogP contribution < -0.4 is 0 Å². The summed E-state index contributed by atoms with van der Waals surface area (Å²) < 4.78 is 0. The van der Waals surface area contributed by atoms with Crippen LogP contribution in [0.5, 0.6) is 0 Å². The molecule has 1 aliphatic carbocycles. The Balaban J connectivity index is 2.06. The Bertz CT molecular complexity index is 464. The molecule has 18 heavy (non-hydrogen) atoms. The lowest BCUT2D eigenvalue weighted by atomic mass is 9.72. The lowest BCUT2D eigenvalue weighted by Gasteiger charge is -2.50. The monoisotopic (exact) mass is 243 g/mol. The lowest BCUT2D eigenvalue weighted by Crippen LogP contribution is -2.58. The Morgan fingerprint density at radius 2 is 2.00 bits per heavy atom. The molecule has 1 saturated heterocycles. The van der Waals surface area contributed by atoms with E-state index in [1.807, 2.05) is 0 Å². The Hall–Kier alpha value is -1.15. The molecule has 2 fully saturated rings. The molecule has 0 radical (unpaired) electrons. The summed E-state index contributed by atoms with van der Waals surface area (Å²) in [5, 5.41) is 0. The molecule has 2 aliphatic rings. The van der Waals surface area contributed by atoms with Gasteiger partial charge in [0, 0.05) is 19.5 Å². The van der Waals surface area contributed by atoms with Crippen LogP contribution in [-0.2, 0) is 10.3 Å². The van der Waals surface area contributed by atoms with Gasteiger partial charge in [-0.25, -0.2) is 0 Å². The minimum absolute atomic E-state index is 0.289. The number of carbonyl (C=O) groups is 1. The summed E-state index contributed by atoms with van der Waals surface area (Å²) in [6.45, 7) is 4.28. The molecular weight excluding hydrogens is 222 g/mol. The highest BCUT2D eigenvalue weighted by Crippen LogP contribution is 2.42. The summed E-state index contributed by atoms with van der Waals surface area (Å²) in [4.78, 5) is 15.0. The molecule has 1 atom stereocenters. The fourth-order valence-electron chi connectivity index (χ4n) is 3.44. The quantitative estimate of drug-likeness (QED) is 0.795. The van der Waals surface area contributed by atoms with Crippen LogP contribution in [0.25, 0.3) is 0 Å². The van der Waals surface area contributed by atoms with Crippen molar-refractivity contribution in [3.8, 4) is 0 Å². The van der Waals surface area contributed by atoms with Crippen molar-refractivity contribution in [2.75, 3.05) is 13.1 Å². The summed E-state index contributed by atoms with van der Waals surface area (Å²) in [7, 11) is 0. The summed E-state index contributed by atoms with van der Waals surface area (Å²) >= 11 is 0. The molecule has 1 aromatic rings. The molecule has 1 unspecified atom stereocenters. The van der Waals surface area contributed by atoms with Crippen molar-refractivity contribution in [3.05, 3.63) is 35.4 Å². The molecule has 2 nitrogen and oxygen atoms in total. The summed E-state index contributed by atoms with van der Waals surface area (Å²) in [5.41, 5.74) is 2.19. The second-order valence-corrected chi connectivity index (χ2v) is 5.70. The van der Waals surface area contributed by atoms with Crippen LogP contribution in [0.4, 0.5) is 0 Å². The number of hydrogen-bond acceptors (Lipinski definition) is 2. The fourth-order valence-corrected chi connectivity index (χ4v) is 3.44. The van der Waals surface area contributed by atoms with Crippen LogP contribution in [-0.4, -0.2) is 23.8 Å². The summed E-state index contributed by atoms with van der Waals surface area (Å²) in [5.74, 6) is 0.444. The average molecular weight is 243 g/mol. The largest absolute Gasteiger partial charge is 0.297 e. The first-order valence-corrected chi connectivity index (χ1v) is 7.09. The third kappa shape index (κ3) is 1.71. The first-order valence-electron chi connectivity index (χ1n) is 7.09. The Morgan fingerprint density at radius 3 is 2.61 bits per heavy atom. The topological polar surface area (TPSA) is 20.3 Å². The molecule has 0 amide bonds. The van der Waals surface area contributed by atoms with Crippen molar-refractivity contribution in [2.24, 2.45) is 0 Å². The molecular formula is C16H21NO. The highest BCUT2D eigenvalue weighted by Gasteiger charge is 2.47. The standard InChI is InChI=1S/C16H21NO/c1-13-6-4-7-14(12-13)16(17-10-5-11-17)9-3-2-8-15(16)18/h4,6-7,12H,2-3,5,8-11H2,1H3. The van der Waals surface area contributed by atoms with E-state index < -0.39 is 0 Å². The number of benzene rings is 1. The predicted molar refractivity (Wildman–Crippen MR) is 72.5 cm³/mol. The molecule has 96 valence electrons. The lowest BCUT2D eigenvalue weighted by molar-refractivity contribution is -0.138. The van der Waals surface area contributed by atoms with Gasteiger partial charge in [-0.1, -0.05) is 36.2 Å². The van der Waals surface area contributed by atoms with Gasteiger partial charge in [-0.05, 0) is 31.7 Å². The Labute approximate surface area is 109 Å². The van der Waals surface area contributed by atoms with Crippen LogP contribution in [0.2, 0.25) is 0 Å². The Morgan fingerprint density at radius 1 is 1.17 bits per heavy atom. The number of nitrogens with zero attached hydrogens (tertiary/aromatic N) is 1. The molecule has 1 saturated carbocycles. The van der Waals surface area contributed by atoms with Crippen LogP contribution in [0, 0.1) is 6.92 Å². The minimum atomic E-state index is -0.289. The zero-order valence-electron chi connectivity index (χ0n) is 11.1. The van der Waals surface area contributed by atoms with Crippen molar-refractivity contribution in [1.82, 2.24) is 4.90 Å². The van der Waals surface area contributed by atoms with E-state index in [1.165, 1.54) is 24.0 Å².